The molecule has 1 aliphatic heterocycles. The molecule has 1 heterocycles. The second-order valence-electron chi connectivity index (χ2n) is 4.80. The highest BCUT2D eigenvalue weighted by molar-refractivity contribution is 5.73. The van der Waals surface area contributed by atoms with Gasteiger partial charge in [-0.1, -0.05) is 13.8 Å². The number of carbonyl (C=O) groups is 2. The van der Waals surface area contributed by atoms with Crippen LogP contribution >= 0.6 is 0 Å². The highest BCUT2D eigenvalue weighted by atomic mass is 16.5. The Morgan fingerprint density at radius 2 is 1.89 bits per heavy atom. The van der Waals surface area contributed by atoms with Gasteiger partial charge in [-0.05, 0) is 47.2 Å². The summed E-state index contributed by atoms with van der Waals surface area (Å²) in [7, 11) is 1.85. The molecule has 1 N–H and O–H groups in total. The molecule has 1 aliphatic rings. The minimum absolute atomic E-state index is 0.218. The molecular weight excluding hydrogens is 234 g/mol. The van der Waals surface area contributed by atoms with Crippen molar-refractivity contribution in [2.75, 3.05) is 13.6 Å². The molecule has 5 nitrogen and oxygen atoms in total. The Kier molecular flexibility index (Phi) is 10.6. The second kappa shape index (κ2) is 9.88. The Morgan fingerprint density at radius 1 is 1.39 bits per heavy atom. The molecule has 0 amide bonds. The standard InChI is InChI=1S/C6H11NO2.C5H10O2.C2H6/c1-7-4-2-3-5(7)6(8)9;1-5(2,3)7-4-6;1-2/h5H,2-4H2,1H3,(H,8,9);4H,1-3H3;1-2H3. The van der Waals surface area contributed by atoms with Crippen LogP contribution in [0.2, 0.25) is 0 Å². The minimum Gasteiger partial charge on any atom is -0.480 e. The Balaban J connectivity index is 0. The molecule has 0 saturated carbocycles. The average Bonchev–Trinajstić information content (AvgIpc) is 2.66. The van der Waals surface area contributed by atoms with Crippen LogP contribution < -0.4 is 0 Å². The normalized spacial score (nSPS) is 18.9. The van der Waals surface area contributed by atoms with Crippen molar-refractivity contribution in [2.24, 2.45) is 0 Å². The average molecular weight is 261 g/mol. The molecule has 18 heavy (non-hydrogen) atoms. The van der Waals surface area contributed by atoms with Crippen LogP contribution in [0.15, 0.2) is 0 Å². The molecule has 108 valence electrons. The molecule has 0 radical (unpaired) electrons. The van der Waals surface area contributed by atoms with Crippen molar-refractivity contribution >= 4 is 12.4 Å². The monoisotopic (exact) mass is 261 g/mol. The molecule has 1 fully saturated rings. The van der Waals surface area contributed by atoms with Crippen molar-refractivity contribution in [1.29, 1.82) is 0 Å². The Bertz CT molecular complexity index is 236. The fourth-order valence-corrected chi connectivity index (χ4v) is 1.37. The van der Waals surface area contributed by atoms with Crippen molar-refractivity contribution in [1.82, 2.24) is 4.90 Å². The van der Waals surface area contributed by atoms with E-state index in [1.807, 2.05) is 46.6 Å². The first-order chi connectivity index (χ1) is 8.28. The molecule has 1 atom stereocenters. The summed E-state index contributed by atoms with van der Waals surface area (Å²) in [5.74, 6) is -0.685. The van der Waals surface area contributed by atoms with Crippen LogP contribution in [0.5, 0.6) is 0 Å². The van der Waals surface area contributed by atoms with Crippen LogP contribution in [0.3, 0.4) is 0 Å². The topological polar surface area (TPSA) is 66.8 Å². The molecule has 1 rings (SSSR count). The van der Waals surface area contributed by atoms with E-state index in [1.165, 1.54) is 0 Å². The lowest BCUT2D eigenvalue weighted by Gasteiger charge is -2.14. The number of nitrogens with zero attached hydrogens (tertiary/aromatic N) is 1. The van der Waals surface area contributed by atoms with Gasteiger partial charge >= 0.3 is 5.97 Å². The van der Waals surface area contributed by atoms with Crippen LogP contribution in [0.25, 0.3) is 0 Å². The fourth-order valence-electron chi connectivity index (χ4n) is 1.37. The molecule has 0 aromatic rings. The lowest BCUT2D eigenvalue weighted by Crippen LogP contribution is -2.32. The van der Waals surface area contributed by atoms with E-state index in [-0.39, 0.29) is 11.6 Å². The van der Waals surface area contributed by atoms with E-state index >= 15 is 0 Å². The molecule has 0 aliphatic carbocycles. The quantitative estimate of drug-likeness (QED) is 0.771. The number of hydrogen-bond acceptors (Lipinski definition) is 4. The predicted octanol–water partition coefficient (Wildman–Crippen LogP) is 2.15. The number of ether oxygens (including phenoxy) is 1. The van der Waals surface area contributed by atoms with Gasteiger partial charge in [-0.25, -0.2) is 0 Å². The van der Waals surface area contributed by atoms with Crippen molar-refractivity contribution in [2.45, 2.75) is 59.1 Å². The number of aliphatic carboxylic acids is 1. The van der Waals surface area contributed by atoms with Crippen molar-refractivity contribution in [3.63, 3.8) is 0 Å². The van der Waals surface area contributed by atoms with Crippen molar-refractivity contribution < 1.29 is 19.4 Å². The van der Waals surface area contributed by atoms with Gasteiger partial charge in [-0.2, -0.15) is 0 Å². The Hall–Kier alpha value is -1.10. The van der Waals surface area contributed by atoms with E-state index in [9.17, 15) is 9.59 Å². The summed E-state index contributed by atoms with van der Waals surface area (Å²) in [5, 5.41) is 8.54. The minimum atomic E-state index is -0.685. The summed E-state index contributed by atoms with van der Waals surface area (Å²) >= 11 is 0. The van der Waals surface area contributed by atoms with E-state index in [4.69, 9.17) is 5.11 Å². The zero-order valence-corrected chi connectivity index (χ0v) is 12.4. The summed E-state index contributed by atoms with van der Waals surface area (Å²) in [4.78, 5) is 21.8. The third kappa shape index (κ3) is 10.1. The molecule has 0 spiro atoms. The molecule has 1 unspecified atom stereocenters. The second-order valence-corrected chi connectivity index (χ2v) is 4.80. The van der Waals surface area contributed by atoms with Gasteiger partial charge in [0.15, 0.2) is 0 Å². The van der Waals surface area contributed by atoms with Crippen LogP contribution in [0, 0.1) is 0 Å². The summed E-state index contributed by atoms with van der Waals surface area (Å²) in [6, 6.07) is -0.218. The number of likely N-dealkylation sites (N-methyl/N-ethyl adjacent to an activating group) is 1. The van der Waals surface area contributed by atoms with Gasteiger partial charge in [0.1, 0.15) is 11.6 Å². The predicted molar refractivity (Wildman–Crippen MR) is 71.5 cm³/mol. The van der Waals surface area contributed by atoms with Gasteiger partial charge in [0, 0.05) is 0 Å². The van der Waals surface area contributed by atoms with Gasteiger partial charge < -0.3 is 9.84 Å². The molecule has 0 aromatic heterocycles. The zero-order valence-electron chi connectivity index (χ0n) is 12.4. The molecule has 0 aromatic carbocycles. The number of carboxylic acid groups (broad SMARTS) is 1. The number of likely N-dealkylation sites (tertiary alicyclic amines) is 1. The van der Waals surface area contributed by atoms with Gasteiger partial charge in [0.05, 0.1) is 0 Å². The first kappa shape index (κ1) is 19.2. The summed E-state index contributed by atoms with van der Waals surface area (Å²) in [6.45, 7) is 10.8. The first-order valence-electron chi connectivity index (χ1n) is 6.32. The third-order valence-electron chi connectivity index (χ3n) is 2.21. The molecule has 1 saturated heterocycles. The van der Waals surface area contributed by atoms with Gasteiger partial charge in [-0.15, -0.1) is 0 Å². The SMILES string of the molecule is CC.CC(C)(C)OC=O.CN1CCCC1C(=O)O. The van der Waals surface area contributed by atoms with Crippen LogP contribution in [0.1, 0.15) is 47.5 Å². The lowest BCUT2D eigenvalue weighted by atomic mass is 10.2. The number of rotatable bonds is 2. The van der Waals surface area contributed by atoms with Crippen LogP contribution in [0.4, 0.5) is 0 Å². The highest BCUT2D eigenvalue weighted by Crippen LogP contribution is 2.13. The smallest absolute Gasteiger partial charge is 0.320 e. The highest BCUT2D eigenvalue weighted by Gasteiger charge is 2.26. The molecule has 0 bridgehead atoms. The molecular formula is C13H27NO4. The Labute approximate surface area is 110 Å². The van der Waals surface area contributed by atoms with Gasteiger partial charge in [0.25, 0.3) is 6.47 Å². The number of carboxylic acids is 1. The number of carbonyl (C=O) groups excluding carboxylic acids is 1. The van der Waals surface area contributed by atoms with E-state index in [1.54, 1.807) is 0 Å². The third-order valence-corrected chi connectivity index (χ3v) is 2.21. The zero-order chi connectivity index (χ0) is 14.8. The maximum absolute atomic E-state index is 10.4. The van der Waals surface area contributed by atoms with Crippen LogP contribution in [-0.4, -0.2) is 47.7 Å². The van der Waals surface area contributed by atoms with E-state index in [0.29, 0.717) is 6.47 Å². The largest absolute Gasteiger partial charge is 0.480 e. The maximum atomic E-state index is 10.4. The van der Waals surface area contributed by atoms with Crippen molar-refractivity contribution in [3.05, 3.63) is 0 Å². The summed E-state index contributed by atoms with van der Waals surface area (Å²) < 4.78 is 4.55. The summed E-state index contributed by atoms with van der Waals surface area (Å²) in [6.07, 6.45) is 1.83. The van der Waals surface area contributed by atoms with E-state index in [2.05, 4.69) is 4.74 Å². The summed E-state index contributed by atoms with van der Waals surface area (Å²) in [5.41, 5.74) is -0.318. The molecule has 5 heteroatoms. The maximum Gasteiger partial charge on any atom is 0.320 e. The fraction of sp³-hybridized carbons (Fsp3) is 0.846. The Morgan fingerprint density at radius 3 is 2.00 bits per heavy atom. The van der Waals surface area contributed by atoms with Gasteiger partial charge in [0.2, 0.25) is 0 Å². The van der Waals surface area contributed by atoms with Crippen molar-refractivity contribution in [3.8, 4) is 0 Å². The first-order valence-corrected chi connectivity index (χ1v) is 6.32. The van der Waals surface area contributed by atoms with E-state index < -0.39 is 5.97 Å². The van der Waals surface area contributed by atoms with Gasteiger partial charge in [-0.3, -0.25) is 14.5 Å². The van der Waals surface area contributed by atoms with Crippen LogP contribution in [-0.2, 0) is 14.3 Å². The number of hydrogen-bond donors (Lipinski definition) is 1. The lowest BCUT2D eigenvalue weighted by molar-refractivity contribution is -0.141. The van der Waals surface area contributed by atoms with E-state index in [0.717, 1.165) is 19.4 Å².